The molecule has 5 atom stereocenters. The third-order valence-corrected chi connectivity index (χ3v) is 6.62. The largest absolute Gasteiger partial charge is 0.462 e. The lowest BCUT2D eigenvalue weighted by molar-refractivity contribution is -0.160. The van der Waals surface area contributed by atoms with Gasteiger partial charge < -0.3 is 18.9 Å². The van der Waals surface area contributed by atoms with Gasteiger partial charge in [-0.15, -0.1) is 0 Å². The minimum Gasteiger partial charge on any atom is -0.462 e. The molecule has 0 unspecified atom stereocenters. The highest BCUT2D eigenvalue weighted by atomic mass is 16.6. The lowest BCUT2D eigenvalue weighted by atomic mass is 9.69. The normalized spacial score (nSPS) is 29.5. The number of aryl methyl sites for hydroxylation is 1. The molecule has 3 heterocycles. The molecular weight excluding hydrogens is 428 g/mol. The van der Waals surface area contributed by atoms with Gasteiger partial charge in [0.15, 0.2) is 0 Å². The Morgan fingerprint density at radius 2 is 1.61 bits per heavy atom. The number of cyclic esters (lactones) is 2. The van der Waals surface area contributed by atoms with Crippen molar-refractivity contribution in [3.8, 4) is 0 Å². The molecule has 5 rings (SSSR count). The smallest absolute Gasteiger partial charge is 0.338 e. The van der Waals surface area contributed by atoms with Crippen molar-refractivity contribution in [2.75, 3.05) is 13.2 Å². The molecule has 0 spiro atoms. The lowest BCUT2D eigenvalue weighted by Gasteiger charge is -2.31. The highest BCUT2D eigenvalue weighted by molar-refractivity contribution is 5.98. The van der Waals surface area contributed by atoms with E-state index in [9.17, 15) is 19.2 Å². The number of esters is 4. The molecule has 8 heteroatoms. The van der Waals surface area contributed by atoms with E-state index >= 15 is 0 Å². The van der Waals surface area contributed by atoms with Gasteiger partial charge in [0, 0.05) is 5.92 Å². The molecule has 3 saturated heterocycles. The topological polar surface area (TPSA) is 105 Å². The van der Waals surface area contributed by atoms with Gasteiger partial charge in [0.1, 0.15) is 24.0 Å². The van der Waals surface area contributed by atoms with E-state index in [1.807, 2.05) is 6.92 Å². The molecule has 3 aliphatic heterocycles. The van der Waals surface area contributed by atoms with Gasteiger partial charge in [0.2, 0.25) is 0 Å². The quantitative estimate of drug-likeness (QED) is 0.376. The molecule has 8 nitrogen and oxygen atoms in total. The van der Waals surface area contributed by atoms with Crippen molar-refractivity contribution in [3.05, 3.63) is 71.3 Å². The van der Waals surface area contributed by atoms with E-state index in [1.54, 1.807) is 54.6 Å². The Bertz CT molecular complexity index is 1110. The third-order valence-electron chi connectivity index (χ3n) is 6.62. The zero-order valence-corrected chi connectivity index (χ0v) is 17.9. The van der Waals surface area contributed by atoms with Crippen LogP contribution in [0.1, 0.15) is 32.7 Å². The van der Waals surface area contributed by atoms with Crippen LogP contribution >= 0.6 is 0 Å². The molecule has 0 amide bonds. The van der Waals surface area contributed by atoms with Crippen molar-refractivity contribution in [2.45, 2.75) is 25.0 Å². The summed E-state index contributed by atoms with van der Waals surface area (Å²) in [5.74, 6) is -4.34. The molecular formula is C25H22O8. The van der Waals surface area contributed by atoms with Gasteiger partial charge in [-0.2, -0.15) is 0 Å². The van der Waals surface area contributed by atoms with Crippen LogP contribution in [0.5, 0.6) is 0 Å². The summed E-state index contributed by atoms with van der Waals surface area (Å²) >= 11 is 0. The van der Waals surface area contributed by atoms with Gasteiger partial charge in [-0.3, -0.25) is 9.59 Å². The molecule has 0 aromatic heterocycles. The summed E-state index contributed by atoms with van der Waals surface area (Å²) in [6.45, 7) is 1.71. The Labute approximate surface area is 189 Å². The standard InChI is InChI=1S/C25H22O8/c1-14-7-9-16(10-8-14)22(27)31-13-25-11-17(12-30-21(26)15-5-3-2-4-6-15)20(33-25)18-19(25)24(29)32-23(18)28/h2-10,17-20H,11-13H2,1H3/t17-,18+,19+,20-,25-/m1/s1. The van der Waals surface area contributed by atoms with E-state index in [-0.39, 0.29) is 19.1 Å². The minimum atomic E-state index is -1.19. The second-order valence-corrected chi connectivity index (χ2v) is 8.76. The maximum atomic E-state index is 12.5. The fourth-order valence-electron chi connectivity index (χ4n) is 5.06. The summed E-state index contributed by atoms with van der Waals surface area (Å²) in [6, 6.07) is 15.5. The fraction of sp³-hybridized carbons (Fsp3) is 0.360. The van der Waals surface area contributed by atoms with Gasteiger partial charge in [-0.1, -0.05) is 35.9 Å². The minimum absolute atomic E-state index is 0.0107. The molecule has 2 aromatic rings. The molecule has 0 aliphatic carbocycles. The highest BCUT2D eigenvalue weighted by Gasteiger charge is 2.72. The van der Waals surface area contributed by atoms with Crippen LogP contribution in [0.4, 0.5) is 0 Å². The summed E-state index contributed by atoms with van der Waals surface area (Å²) < 4.78 is 22.0. The number of carbonyl (C=O) groups excluding carboxylic acids is 4. The number of hydrogen-bond donors (Lipinski definition) is 0. The molecule has 170 valence electrons. The number of carbonyl (C=O) groups is 4. The fourth-order valence-corrected chi connectivity index (χ4v) is 5.06. The average Bonchev–Trinajstić information content (AvgIpc) is 3.46. The first-order valence-corrected chi connectivity index (χ1v) is 10.8. The van der Waals surface area contributed by atoms with Gasteiger partial charge in [0.05, 0.1) is 23.8 Å². The number of fused-ring (bicyclic) bond motifs is 5. The second kappa shape index (κ2) is 8.12. The molecule has 0 saturated carbocycles. The van der Waals surface area contributed by atoms with Crippen molar-refractivity contribution in [2.24, 2.45) is 17.8 Å². The first-order chi connectivity index (χ1) is 15.9. The first kappa shape index (κ1) is 21.3. The van der Waals surface area contributed by atoms with Crippen LogP contribution in [-0.2, 0) is 28.5 Å². The predicted molar refractivity (Wildman–Crippen MR) is 112 cm³/mol. The van der Waals surface area contributed by atoms with Crippen LogP contribution in [-0.4, -0.2) is 48.8 Å². The van der Waals surface area contributed by atoms with Gasteiger partial charge in [0.25, 0.3) is 0 Å². The summed E-state index contributed by atoms with van der Waals surface area (Å²) in [5, 5.41) is 0. The second-order valence-electron chi connectivity index (χ2n) is 8.76. The van der Waals surface area contributed by atoms with Crippen LogP contribution in [0.2, 0.25) is 0 Å². The summed E-state index contributed by atoms with van der Waals surface area (Å²) in [5.41, 5.74) is 0.602. The Balaban J connectivity index is 1.31. The molecule has 33 heavy (non-hydrogen) atoms. The van der Waals surface area contributed by atoms with E-state index in [0.717, 1.165) is 5.56 Å². The van der Waals surface area contributed by atoms with Crippen LogP contribution in [0.3, 0.4) is 0 Å². The molecule has 3 fully saturated rings. The van der Waals surface area contributed by atoms with E-state index in [1.165, 1.54) is 0 Å². The number of rotatable bonds is 6. The molecule has 3 aliphatic rings. The van der Waals surface area contributed by atoms with E-state index in [0.29, 0.717) is 17.5 Å². The van der Waals surface area contributed by atoms with Gasteiger partial charge >= 0.3 is 23.9 Å². The Morgan fingerprint density at radius 1 is 0.939 bits per heavy atom. The van der Waals surface area contributed by atoms with Crippen LogP contribution in [0, 0.1) is 24.7 Å². The maximum Gasteiger partial charge on any atom is 0.338 e. The van der Waals surface area contributed by atoms with Crippen LogP contribution in [0.15, 0.2) is 54.6 Å². The van der Waals surface area contributed by atoms with Gasteiger partial charge in [-0.05, 0) is 37.6 Å². The highest BCUT2D eigenvalue weighted by Crippen LogP contribution is 2.57. The summed E-state index contributed by atoms with van der Waals surface area (Å²) in [6.07, 6.45) is -0.361. The first-order valence-electron chi connectivity index (χ1n) is 10.8. The Hall–Kier alpha value is -3.52. The maximum absolute atomic E-state index is 12.5. The Kier molecular flexibility index (Phi) is 5.25. The summed E-state index contributed by atoms with van der Waals surface area (Å²) in [7, 11) is 0. The average molecular weight is 450 g/mol. The molecule has 2 bridgehead atoms. The van der Waals surface area contributed by atoms with Gasteiger partial charge in [-0.25, -0.2) is 9.59 Å². The van der Waals surface area contributed by atoms with E-state index < -0.39 is 47.4 Å². The van der Waals surface area contributed by atoms with Crippen molar-refractivity contribution < 1.29 is 38.1 Å². The van der Waals surface area contributed by atoms with Crippen molar-refractivity contribution in [3.63, 3.8) is 0 Å². The molecule has 0 N–H and O–H groups in total. The molecule has 0 radical (unpaired) electrons. The van der Waals surface area contributed by atoms with E-state index in [4.69, 9.17) is 18.9 Å². The number of hydrogen-bond acceptors (Lipinski definition) is 8. The predicted octanol–water partition coefficient (Wildman–Crippen LogP) is 2.48. The third kappa shape index (κ3) is 3.70. The number of benzene rings is 2. The summed E-state index contributed by atoms with van der Waals surface area (Å²) in [4.78, 5) is 49.7. The zero-order valence-electron chi connectivity index (χ0n) is 17.9. The van der Waals surface area contributed by atoms with Crippen molar-refractivity contribution in [1.82, 2.24) is 0 Å². The van der Waals surface area contributed by atoms with Crippen LogP contribution in [0.25, 0.3) is 0 Å². The van der Waals surface area contributed by atoms with Crippen molar-refractivity contribution >= 4 is 23.9 Å². The lowest BCUT2D eigenvalue weighted by Crippen LogP contribution is -2.47. The molecule has 2 aromatic carbocycles. The van der Waals surface area contributed by atoms with E-state index in [2.05, 4.69) is 0 Å². The SMILES string of the molecule is Cc1ccc(C(=O)OC[C@@]23C[C@H](COC(=O)c4ccccc4)[C@@H](O2)[C@H]2C(=O)OC(=O)[C@H]23)cc1. The van der Waals surface area contributed by atoms with Crippen LogP contribution < -0.4 is 0 Å². The zero-order chi connectivity index (χ0) is 23.2. The monoisotopic (exact) mass is 450 g/mol. The number of ether oxygens (including phenoxy) is 4. The van der Waals surface area contributed by atoms with Crippen molar-refractivity contribution in [1.29, 1.82) is 0 Å². The Morgan fingerprint density at radius 3 is 2.33 bits per heavy atom.